The normalized spacial score (nSPS) is 10.6. The van der Waals surface area contributed by atoms with Crippen LogP contribution in [0.2, 0.25) is 0 Å². The molecule has 1 heterocycles. The van der Waals surface area contributed by atoms with Gasteiger partial charge in [-0.15, -0.1) is 0 Å². The van der Waals surface area contributed by atoms with Gasteiger partial charge in [0.1, 0.15) is 11.6 Å². The Labute approximate surface area is 95.4 Å². The summed E-state index contributed by atoms with van der Waals surface area (Å²) in [5.74, 6) is 1.37. The summed E-state index contributed by atoms with van der Waals surface area (Å²) in [4.78, 5) is 4.35. The molecule has 0 saturated carbocycles. The summed E-state index contributed by atoms with van der Waals surface area (Å²) >= 11 is 0. The second kappa shape index (κ2) is 4.39. The van der Waals surface area contributed by atoms with Gasteiger partial charge in [0, 0.05) is 24.5 Å². The first-order valence-electron chi connectivity index (χ1n) is 5.54. The van der Waals surface area contributed by atoms with Gasteiger partial charge in [0.15, 0.2) is 0 Å². The van der Waals surface area contributed by atoms with Crippen molar-refractivity contribution in [2.45, 2.75) is 26.7 Å². The lowest BCUT2D eigenvalue weighted by Gasteiger charge is -2.10. The van der Waals surface area contributed by atoms with Crippen molar-refractivity contribution in [3.05, 3.63) is 42.0 Å². The summed E-state index contributed by atoms with van der Waals surface area (Å²) < 4.78 is 2.08. The molecular weight excluding hydrogens is 200 g/mol. The van der Waals surface area contributed by atoms with Crippen LogP contribution in [0.1, 0.15) is 24.7 Å². The van der Waals surface area contributed by atoms with E-state index in [9.17, 15) is 5.11 Å². The molecule has 1 aromatic heterocycles. The Kier molecular flexibility index (Phi) is 2.95. The van der Waals surface area contributed by atoms with Gasteiger partial charge >= 0.3 is 0 Å². The lowest BCUT2D eigenvalue weighted by molar-refractivity contribution is 0.474. The lowest BCUT2D eigenvalue weighted by Crippen LogP contribution is -2.01. The predicted octanol–water partition coefficient (Wildman–Crippen LogP) is 2.84. The van der Waals surface area contributed by atoms with Crippen LogP contribution in [0.25, 0.3) is 5.69 Å². The third-order valence-electron chi connectivity index (χ3n) is 2.63. The molecule has 3 nitrogen and oxygen atoms in total. The largest absolute Gasteiger partial charge is 0.508 e. The van der Waals surface area contributed by atoms with Gasteiger partial charge in [-0.05, 0) is 37.1 Å². The average molecular weight is 216 g/mol. The molecule has 3 heteroatoms. The van der Waals surface area contributed by atoms with Crippen LogP contribution in [0.15, 0.2) is 30.6 Å². The van der Waals surface area contributed by atoms with Crippen molar-refractivity contribution in [1.29, 1.82) is 0 Å². The van der Waals surface area contributed by atoms with E-state index >= 15 is 0 Å². The Morgan fingerprint density at radius 3 is 2.88 bits per heavy atom. The van der Waals surface area contributed by atoms with Crippen LogP contribution in [-0.2, 0) is 6.42 Å². The minimum atomic E-state index is 0.304. The third-order valence-corrected chi connectivity index (χ3v) is 2.63. The minimum Gasteiger partial charge on any atom is -0.508 e. The summed E-state index contributed by atoms with van der Waals surface area (Å²) in [6.07, 6.45) is 5.82. The fraction of sp³-hybridized carbons (Fsp3) is 0.308. The second-order valence-corrected chi connectivity index (χ2v) is 3.93. The highest BCUT2D eigenvalue weighted by molar-refractivity contribution is 5.45. The van der Waals surface area contributed by atoms with Crippen LogP contribution >= 0.6 is 0 Å². The van der Waals surface area contributed by atoms with Crippen LogP contribution in [0.4, 0.5) is 0 Å². The molecule has 0 aliphatic carbocycles. The van der Waals surface area contributed by atoms with Gasteiger partial charge in [-0.3, -0.25) is 0 Å². The highest BCUT2D eigenvalue weighted by atomic mass is 16.3. The summed E-state index contributed by atoms with van der Waals surface area (Å²) in [5, 5.41) is 9.38. The van der Waals surface area contributed by atoms with Crippen molar-refractivity contribution in [3.8, 4) is 11.4 Å². The molecule has 1 aromatic carbocycles. The molecule has 1 N–H and O–H groups in total. The zero-order chi connectivity index (χ0) is 11.5. The van der Waals surface area contributed by atoms with Gasteiger partial charge < -0.3 is 9.67 Å². The second-order valence-electron chi connectivity index (χ2n) is 3.93. The quantitative estimate of drug-likeness (QED) is 0.856. The molecule has 2 aromatic rings. The van der Waals surface area contributed by atoms with E-state index < -0.39 is 0 Å². The average Bonchev–Trinajstić information content (AvgIpc) is 2.67. The van der Waals surface area contributed by atoms with Crippen molar-refractivity contribution in [3.63, 3.8) is 0 Å². The van der Waals surface area contributed by atoms with E-state index in [1.165, 1.54) is 0 Å². The van der Waals surface area contributed by atoms with E-state index in [2.05, 4.69) is 16.5 Å². The molecule has 16 heavy (non-hydrogen) atoms. The Hall–Kier alpha value is -1.77. The van der Waals surface area contributed by atoms with Crippen LogP contribution in [0.3, 0.4) is 0 Å². The molecule has 0 radical (unpaired) electrons. The predicted molar refractivity (Wildman–Crippen MR) is 64.0 cm³/mol. The molecule has 0 fully saturated rings. The standard InChI is InChI=1S/C13H16N2O/c1-3-4-13-14-7-8-15(13)12-6-5-11(16)9-10(12)2/h5-9,16H,3-4H2,1-2H3. The maximum absolute atomic E-state index is 9.38. The van der Waals surface area contributed by atoms with E-state index in [1.807, 2.05) is 25.4 Å². The monoisotopic (exact) mass is 216 g/mol. The van der Waals surface area contributed by atoms with Gasteiger partial charge in [-0.1, -0.05) is 6.92 Å². The number of hydrogen-bond acceptors (Lipinski definition) is 2. The van der Waals surface area contributed by atoms with Crippen molar-refractivity contribution >= 4 is 0 Å². The number of hydrogen-bond donors (Lipinski definition) is 1. The Morgan fingerprint density at radius 1 is 1.38 bits per heavy atom. The highest BCUT2D eigenvalue weighted by Crippen LogP contribution is 2.20. The zero-order valence-corrected chi connectivity index (χ0v) is 9.64. The van der Waals surface area contributed by atoms with E-state index in [4.69, 9.17) is 0 Å². The highest BCUT2D eigenvalue weighted by Gasteiger charge is 2.06. The van der Waals surface area contributed by atoms with Crippen LogP contribution in [0.5, 0.6) is 5.75 Å². The van der Waals surface area contributed by atoms with Crippen LogP contribution < -0.4 is 0 Å². The summed E-state index contributed by atoms with van der Waals surface area (Å²) in [6, 6.07) is 5.40. The first-order valence-corrected chi connectivity index (χ1v) is 5.54. The lowest BCUT2D eigenvalue weighted by atomic mass is 10.2. The van der Waals surface area contributed by atoms with E-state index in [0.717, 1.165) is 29.9 Å². The minimum absolute atomic E-state index is 0.304. The Bertz CT molecular complexity index is 488. The number of aromatic nitrogens is 2. The number of benzene rings is 1. The maximum Gasteiger partial charge on any atom is 0.115 e. The molecule has 0 atom stereocenters. The molecular formula is C13H16N2O. The number of rotatable bonds is 3. The molecule has 2 rings (SSSR count). The maximum atomic E-state index is 9.38. The van der Waals surface area contributed by atoms with Gasteiger partial charge in [-0.25, -0.2) is 4.98 Å². The molecule has 0 saturated heterocycles. The molecule has 0 spiro atoms. The SMILES string of the molecule is CCCc1nccn1-c1ccc(O)cc1C. The zero-order valence-electron chi connectivity index (χ0n) is 9.64. The first kappa shape index (κ1) is 10.7. The van der Waals surface area contributed by atoms with Crippen molar-refractivity contribution in [2.75, 3.05) is 0 Å². The molecule has 84 valence electrons. The van der Waals surface area contributed by atoms with E-state index in [1.54, 1.807) is 12.1 Å². The Morgan fingerprint density at radius 2 is 2.19 bits per heavy atom. The summed E-state index contributed by atoms with van der Waals surface area (Å²) in [5.41, 5.74) is 2.13. The van der Waals surface area contributed by atoms with Gasteiger partial charge in [0.05, 0.1) is 0 Å². The fourth-order valence-corrected chi connectivity index (χ4v) is 1.87. The molecule has 0 unspecified atom stereocenters. The van der Waals surface area contributed by atoms with Crippen molar-refractivity contribution in [1.82, 2.24) is 9.55 Å². The number of aromatic hydroxyl groups is 1. The number of phenols is 1. The Balaban J connectivity index is 2.46. The van der Waals surface area contributed by atoms with Gasteiger partial charge in [0.25, 0.3) is 0 Å². The van der Waals surface area contributed by atoms with Crippen molar-refractivity contribution in [2.24, 2.45) is 0 Å². The van der Waals surface area contributed by atoms with Crippen LogP contribution in [-0.4, -0.2) is 14.7 Å². The van der Waals surface area contributed by atoms with Gasteiger partial charge in [0.2, 0.25) is 0 Å². The third kappa shape index (κ3) is 1.94. The summed E-state index contributed by atoms with van der Waals surface area (Å²) in [7, 11) is 0. The van der Waals surface area contributed by atoms with Gasteiger partial charge in [-0.2, -0.15) is 0 Å². The molecule has 0 aliphatic heterocycles. The number of imidazole rings is 1. The molecule has 0 aliphatic rings. The number of phenolic OH excluding ortho intramolecular Hbond substituents is 1. The number of aryl methyl sites for hydroxylation is 2. The molecule has 0 bridgehead atoms. The van der Waals surface area contributed by atoms with Crippen LogP contribution in [0, 0.1) is 6.92 Å². The van der Waals surface area contributed by atoms with E-state index in [0.29, 0.717) is 5.75 Å². The topological polar surface area (TPSA) is 38.0 Å². The first-order chi connectivity index (χ1) is 7.72. The van der Waals surface area contributed by atoms with Crippen molar-refractivity contribution < 1.29 is 5.11 Å². The molecule has 0 amide bonds. The number of nitrogens with zero attached hydrogens (tertiary/aromatic N) is 2. The summed E-state index contributed by atoms with van der Waals surface area (Å²) in [6.45, 7) is 4.13. The van der Waals surface area contributed by atoms with E-state index in [-0.39, 0.29) is 0 Å². The smallest absolute Gasteiger partial charge is 0.115 e. The fourth-order valence-electron chi connectivity index (χ4n) is 1.87.